The van der Waals surface area contributed by atoms with E-state index < -0.39 is 0 Å². The van der Waals surface area contributed by atoms with Crippen molar-refractivity contribution in [2.45, 2.75) is 13.0 Å². The van der Waals surface area contributed by atoms with Gasteiger partial charge in [0, 0.05) is 25.2 Å². The van der Waals surface area contributed by atoms with Gasteiger partial charge in [-0.2, -0.15) is 0 Å². The number of carbonyl (C=O) groups excluding carboxylic acids is 1. The van der Waals surface area contributed by atoms with Gasteiger partial charge in [-0.05, 0) is 19.1 Å². The molecule has 2 rings (SSSR count). The third kappa shape index (κ3) is 2.65. The fraction of sp³-hybridized carbons (Fsp3) is 0.500. The van der Waals surface area contributed by atoms with Gasteiger partial charge < -0.3 is 24.8 Å². The molecule has 1 heterocycles. The molecule has 0 saturated carbocycles. The summed E-state index contributed by atoms with van der Waals surface area (Å²) in [4.78, 5) is 14.0. The molecule has 0 aliphatic carbocycles. The number of methoxy groups -OCH3 is 1. The third-order valence-corrected chi connectivity index (χ3v) is 3.40. The molecule has 1 aromatic rings. The van der Waals surface area contributed by atoms with E-state index in [4.69, 9.17) is 19.9 Å². The molecule has 0 spiro atoms. The Hall–Kier alpha value is -1.95. The van der Waals surface area contributed by atoms with Gasteiger partial charge in [0.2, 0.25) is 5.75 Å². The standard InChI is InChI=1S/C14H20N2O4/c1-9(8-15)16(2)14(17)10-6-11(18-3)13-12(7-10)19-4-5-20-13/h6-7,9H,4-5,8,15H2,1-3H3. The molecule has 1 unspecified atom stereocenters. The minimum absolute atomic E-state index is 0.0401. The van der Waals surface area contributed by atoms with Crippen LogP contribution in [0, 0.1) is 0 Å². The van der Waals surface area contributed by atoms with Gasteiger partial charge in [-0.3, -0.25) is 4.79 Å². The fourth-order valence-corrected chi connectivity index (χ4v) is 1.96. The fourth-order valence-electron chi connectivity index (χ4n) is 1.96. The number of rotatable bonds is 4. The summed E-state index contributed by atoms with van der Waals surface area (Å²) >= 11 is 0. The van der Waals surface area contributed by atoms with E-state index in [1.807, 2.05) is 6.92 Å². The van der Waals surface area contributed by atoms with Gasteiger partial charge in [-0.1, -0.05) is 0 Å². The maximum atomic E-state index is 12.4. The lowest BCUT2D eigenvalue weighted by atomic mass is 10.1. The summed E-state index contributed by atoms with van der Waals surface area (Å²) in [5.74, 6) is 1.45. The van der Waals surface area contributed by atoms with E-state index in [0.29, 0.717) is 42.6 Å². The lowest BCUT2D eigenvalue weighted by Crippen LogP contribution is -2.39. The van der Waals surface area contributed by atoms with E-state index in [1.54, 1.807) is 24.1 Å². The van der Waals surface area contributed by atoms with Gasteiger partial charge in [0.15, 0.2) is 11.5 Å². The first-order chi connectivity index (χ1) is 9.58. The molecule has 1 atom stereocenters. The maximum Gasteiger partial charge on any atom is 0.254 e. The molecular weight excluding hydrogens is 260 g/mol. The highest BCUT2D eigenvalue weighted by atomic mass is 16.6. The van der Waals surface area contributed by atoms with Crippen molar-refractivity contribution in [2.24, 2.45) is 5.73 Å². The van der Waals surface area contributed by atoms with Crippen molar-refractivity contribution in [3.8, 4) is 17.2 Å². The summed E-state index contributed by atoms with van der Waals surface area (Å²) in [7, 11) is 3.26. The quantitative estimate of drug-likeness (QED) is 0.886. The summed E-state index contributed by atoms with van der Waals surface area (Å²) < 4.78 is 16.3. The molecule has 6 nitrogen and oxygen atoms in total. The normalized spacial score (nSPS) is 14.6. The molecule has 110 valence electrons. The van der Waals surface area contributed by atoms with E-state index in [2.05, 4.69) is 0 Å². The van der Waals surface area contributed by atoms with Crippen LogP contribution in [-0.2, 0) is 0 Å². The summed E-state index contributed by atoms with van der Waals surface area (Å²) in [5, 5.41) is 0. The van der Waals surface area contributed by atoms with E-state index in [1.165, 1.54) is 7.11 Å². The summed E-state index contributed by atoms with van der Waals surface area (Å²) in [6.45, 7) is 3.24. The second-order valence-electron chi connectivity index (χ2n) is 4.70. The van der Waals surface area contributed by atoms with Gasteiger partial charge >= 0.3 is 0 Å². The van der Waals surface area contributed by atoms with Crippen LogP contribution in [0.3, 0.4) is 0 Å². The molecule has 2 N–H and O–H groups in total. The zero-order valence-corrected chi connectivity index (χ0v) is 12.0. The number of hydrogen-bond acceptors (Lipinski definition) is 5. The number of amides is 1. The summed E-state index contributed by atoms with van der Waals surface area (Å²) in [6, 6.07) is 3.30. The Balaban J connectivity index is 2.35. The monoisotopic (exact) mass is 280 g/mol. The number of nitrogens with two attached hydrogens (primary N) is 1. The zero-order chi connectivity index (χ0) is 14.7. The molecule has 1 aliphatic heterocycles. The van der Waals surface area contributed by atoms with Crippen molar-refractivity contribution < 1.29 is 19.0 Å². The van der Waals surface area contributed by atoms with E-state index >= 15 is 0 Å². The highest BCUT2D eigenvalue weighted by molar-refractivity contribution is 5.95. The Kier molecular flexibility index (Phi) is 4.34. The van der Waals surface area contributed by atoms with E-state index in [-0.39, 0.29) is 11.9 Å². The van der Waals surface area contributed by atoms with Crippen molar-refractivity contribution in [3.05, 3.63) is 17.7 Å². The van der Waals surface area contributed by atoms with Crippen molar-refractivity contribution in [2.75, 3.05) is 33.9 Å². The van der Waals surface area contributed by atoms with E-state index in [0.717, 1.165) is 0 Å². The lowest BCUT2D eigenvalue weighted by molar-refractivity contribution is 0.0746. The summed E-state index contributed by atoms with van der Waals surface area (Å²) in [6.07, 6.45) is 0. The SMILES string of the molecule is COc1cc(C(=O)N(C)C(C)CN)cc2c1OCCO2. The van der Waals surface area contributed by atoms with Crippen molar-refractivity contribution in [1.29, 1.82) is 0 Å². The lowest BCUT2D eigenvalue weighted by Gasteiger charge is -2.25. The zero-order valence-electron chi connectivity index (χ0n) is 12.0. The average molecular weight is 280 g/mol. The Morgan fingerprint density at radius 2 is 2.15 bits per heavy atom. The smallest absolute Gasteiger partial charge is 0.254 e. The van der Waals surface area contributed by atoms with Crippen LogP contribution in [0.1, 0.15) is 17.3 Å². The molecule has 1 aliphatic rings. The molecule has 0 bridgehead atoms. The van der Waals surface area contributed by atoms with Crippen molar-refractivity contribution in [1.82, 2.24) is 4.90 Å². The van der Waals surface area contributed by atoms with Crippen LogP contribution in [0.4, 0.5) is 0 Å². The van der Waals surface area contributed by atoms with E-state index in [9.17, 15) is 4.79 Å². The van der Waals surface area contributed by atoms with Crippen LogP contribution in [0.25, 0.3) is 0 Å². The molecule has 6 heteroatoms. The first-order valence-electron chi connectivity index (χ1n) is 6.53. The summed E-state index contributed by atoms with van der Waals surface area (Å²) in [5.41, 5.74) is 6.09. The molecule has 0 saturated heterocycles. The van der Waals surface area contributed by atoms with Crippen molar-refractivity contribution >= 4 is 5.91 Å². The van der Waals surface area contributed by atoms with Crippen LogP contribution in [0.15, 0.2) is 12.1 Å². The first kappa shape index (κ1) is 14.5. The largest absolute Gasteiger partial charge is 0.493 e. The number of carbonyl (C=O) groups is 1. The van der Waals surface area contributed by atoms with Crippen LogP contribution >= 0.6 is 0 Å². The topological polar surface area (TPSA) is 74.0 Å². The van der Waals surface area contributed by atoms with Gasteiger partial charge in [0.05, 0.1) is 7.11 Å². The molecule has 0 radical (unpaired) electrons. The minimum Gasteiger partial charge on any atom is -0.493 e. The average Bonchev–Trinajstić information content (AvgIpc) is 2.51. The predicted molar refractivity (Wildman–Crippen MR) is 74.6 cm³/mol. The molecule has 0 fully saturated rings. The highest BCUT2D eigenvalue weighted by Crippen LogP contribution is 2.40. The Morgan fingerprint density at radius 1 is 1.45 bits per heavy atom. The first-order valence-corrected chi connectivity index (χ1v) is 6.53. The molecule has 1 amide bonds. The third-order valence-electron chi connectivity index (χ3n) is 3.40. The number of nitrogens with zero attached hydrogens (tertiary/aromatic N) is 1. The maximum absolute atomic E-state index is 12.4. The Morgan fingerprint density at radius 3 is 2.80 bits per heavy atom. The minimum atomic E-state index is -0.127. The van der Waals surface area contributed by atoms with Gasteiger partial charge in [0.1, 0.15) is 13.2 Å². The van der Waals surface area contributed by atoms with Crippen LogP contribution in [0.2, 0.25) is 0 Å². The Labute approximate surface area is 118 Å². The molecule has 0 aromatic heterocycles. The van der Waals surface area contributed by atoms with Gasteiger partial charge in [-0.25, -0.2) is 0 Å². The molecular formula is C14H20N2O4. The second-order valence-corrected chi connectivity index (χ2v) is 4.70. The van der Waals surface area contributed by atoms with Crippen LogP contribution in [-0.4, -0.2) is 50.8 Å². The second kappa shape index (κ2) is 6.00. The van der Waals surface area contributed by atoms with Crippen LogP contribution in [0.5, 0.6) is 17.2 Å². The number of likely N-dealkylation sites (N-methyl/N-ethyl adjacent to an activating group) is 1. The number of benzene rings is 1. The highest BCUT2D eigenvalue weighted by Gasteiger charge is 2.23. The van der Waals surface area contributed by atoms with Crippen molar-refractivity contribution in [3.63, 3.8) is 0 Å². The number of hydrogen-bond donors (Lipinski definition) is 1. The Bertz CT molecular complexity index is 487. The number of ether oxygens (including phenoxy) is 3. The van der Waals surface area contributed by atoms with Gasteiger partial charge in [0.25, 0.3) is 5.91 Å². The van der Waals surface area contributed by atoms with Crippen LogP contribution < -0.4 is 19.9 Å². The molecule has 1 aromatic carbocycles. The molecule has 20 heavy (non-hydrogen) atoms. The predicted octanol–water partition coefficient (Wildman–Crippen LogP) is 0.886. The van der Waals surface area contributed by atoms with Gasteiger partial charge in [-0.15, -0.1) is 0 Å². The number of fused-ring (bicyclic) bond motifs is 1.